The lowest BCUT2D eigenvalue weighted by Crippen LogP contribution is -2.50. The van der Waals surface area contributed by atoms with Crippen LogP contribution >= 0.6 is 23.5 Å². The average Bonchev–Trinajstić information content (AvgIpc) is 3.83. The largest absolute Gasteiger partial charge is 0.490 e. The molecule has 1 fully saturated rings. The maximum atomic E-state index is 13.1. The van der Waals surface area contributed by atoms with Crippen LogP contribution < -0.4 is 46.9 Å². The van der Waals surface area contributed by atoms with Crippen molar-refractivity contribution in [3.05, 3.63) is 62.8 Å². The lowest BCUT2D eigenvalue weighted by molar-refractivity contribution is -0.121. The maximum absolute atomic E-state index is 13.1. The zero-order chi connectivity index (χ0) is 53.7. The number of amides is 2. The second-order valence-corrected chi connectivity index (χ2v) is 24.2. The summed E-state index contributed by atoms with van der Waals surface area (Å²) in [5.41, 5.74) is 6.78. The first-order valence-electron chi connectivity index (χ1n) is 22.9. The Balaban J connectivity index is 0.896. The number of aryl methyl sites for hydroxylation is 1. The van der Waals surface area contributed by atoms with Gasteiger partial charge in [-0.3, -0.25) is 28.2 Å². The van der Waals surface area contributed by atoms with Crippen molar-refractivity contribution in [1.29, 1.82) is 0 Å². The number of aliphatic hydroxyl groups excluding tert-OH is 1. The predicted molar refractivity (Wildman–Crippen MR) is 256 cm³/mol. The molecule has 1 saturated heterocycles. The molecule has 74 heavy (non-hydrogen) atoms. The zero-order valence-corrected chi connectivity index (χ0v) is 43.2. The van der Waals surface area contributed by atoms with Gasteiger partial charge < -0.3 is 60.2 Å². The van der Waals surface area contributed by atoms with Crippen molar-refractivity contribution in [2.24, 2.45) is 4.99 Å². The number of imidazole rings is 1. The average molecular weight is 1120 g/mol. The summed E-state index contributed by atoms with van der Waals surface area (Å²) in [7, 11) is -21.8. The van der Waals surface area contributed by atoms with Gasteiger partial charge in [-0.25, -0.2) is 33.0 Å². The SMILES string of the molecule is CC[N+]1=c2cc3c(cc2CCC1)=Nc1cc2c(cc1O3)N(CCCC(=O)NCCNC(=O)O[C@H]1[C@@H](O)[C@H](n3cnc4c(=O)[nH]c(N)nc43)O[C@@H]1COP(=O)(O)OP(=O)(O)OP(=O)(O)O)C(C)(C)CC2CS(=O)(=O)O. The van der Waals surface area contributed by atoms with Crippen LogP contribution in [0.2, 0.25) is 0 Å². The number of nitrogen functional groups attached to an aromatic ring is 1. The Kier molecular flexibility index (Phi) is 15.7. The summed E-state index contributed by atoms with van der Waals surface area (Å²) in [6, 6.07) is 7.65. The zero-order valence-electron chi connectivity index (χ0n) is 39.7. The molecule has 2 amide bonds. The Morgan fingerprint density at radius 3 is 2.51 bits per heavy atom. The molecule has 4 aromatic rings. The molecule has 3 unspecified atom stereocenters. The molecule has 0 radical (unpaired) electrons. The fraction of sp³-hybridized carbons (Fsp3) is 0.525. The van der Waals surface area contributed by atoms with E-state index in [0.717, 1.165) is 42.2 Å². The molecule has 4 aliphatic rings. The molecule has 34 heteroatoms. The molecule has 0 aliphatic carbocycles. The number of alkyl carbamates (subject to hydrolysis) is 1. The fourth-order valence-electron chi connectivity index (χ4n) is 9.55. The minimum atomic E-state index is -5.93. The number of carbonyl (C=O) groups is 2. The highest BCUT2D eigenvalue weighted by molar-refractivity contribution is 7.85. The standard InChI is InChI=1S/C40H53N10O20P3S/c1-4-48-11-5-7-21-13-24-28(15-26(21)48)66-29-16-27-23(14-25(29)45-24)22(19-74(62,63)64)17-40(2,3)50(27)12-6-8-31(51)42-9-10-43-39(54)68-34-30(18-65-72(58,59)70-73(60,61)69-71(55,56)57)67-37(33(34)52)49-20-44-32-35(49)46-38(41)47-36(32)53/h13-16,20,22,30,33-34,37,52H,4-12,17-19H2,1-3H3,(H9-,41,42,43,46,47,51,53,54,55,56,57,58,59,60,61,62,63,64)/p+1/t22?,30-,33-,34-,37-/m1/s1. The third kappa shape index (κ3) is 12.7. The van der Waals surface area contributed by atoms with Crippen molar-refractivity contribution in [3.8, 4) is 11.5 Å². The van der Waals surface area contributed by atoms with Gasteiger partial charge in [-0.05, 0) is 57.7 Å². The van der Waals surface area contributed by atoms with E-state index in [1.165, 1.54) is 5.56 Å². The summed E-state index contributed by atoms with van der Waals surface area (Å²) in [5.74, 6) is -0.800. The summed E-state index contributed by atoms with van der Waals surface area (Å²) >= 11 is 0. The van der Waals surface area contributed by atoms with Crippen LogP contribution in [-0.4, -0.2) is 138 Å². The first kappa shape index (κ1) is 55.0. The summed E-state index contributed by atoms with van der Waals surface area (Å²) in [4.78, 5) is 93.1. The number of anilines is 2. The van der Waals surface area contributed by atoms with E-state index in [0.29, 0.717) is 53.2 Å². The van der Waals surface area contributed by atoms with E-state index in [1.54, 1.807) is 6.07 Å². The van der Waals surface area contributed by atoms with Gasteiger partial charge >= 0.3 is 29.6 Å². The third-order valence-electron chi connectivity index (χ3n) is 12.5. The van der Waals surface area contributed by atoms with Gasteiger partial charge in [-0.15, -0.1) is 0 Å². The van der Waals surface area contributed by atoms with Crippen LogP contribution in [0.25, 0.3) is 11.2 Å². The van der Waals surface area contributed by atoms with Gasteiger partial charge in [0.1, 0.15) is 36.3 Å². The molecule has 2 aromatic carbocycles. The van der Waals surface area contributed by atoms with E-state index in [-0.39, 0.29) is 36.6 Å². The van der Waals surface area contributed by atoms with Crippen LogP contribution in [0.4, 0.5) is 22.1 Å². The van der Waals surface area contributed by atoms with E-state index in [1.807, 2.05) is 32.0 Å². The van der Waals surface area contributed by atoms with Crippen molar-refractivity contribution in [2.45, 2.75) is 88.9 Å². The van der Waals surface area contributed by atoms with Crippen LogP contribution in [0.3, 0.4) is 0 Å². The summed E-state index contributed by atoms with van der Waals surface area (Å²) < 4.78 is 103. The van der Waals surface area contributed by atoms with E-state index in [2.05, 4.69) is 55.1 Å². The highest BCUT2D eigenvalue weighted by atomic mass is 32.2. The maximum Gasteiger partial charge on any atom is 0.490 e. The normalized spacial score (nSPS) is 22.7. The quantitative estimate of drug-likeness (QED) is 0.0232. The fourth-order valence-corrected chi connectivity index (χ4v) is 13.4. The van der Waals surface area contributed by atoms with Crippen LogP contribution in [-0.2, 0) is 57.6 Å². The first-order valence-corrected chi connectivity index (χ1v) is 29.0. The van der Waals surface area contributed by atoms with E-state index >= 15 is 0 Å². The second kappa shape index (κ2) is 21.1. The third-order valence-corrected chi connectivity index (χ3v) is 17.2. The van der Waals surface area contributed by atoms with Crippen molar-refractivity contribution in [3.63, 3.8) is 0 Å². The number of phosphoric acid groups is 3. The lowest BCUT2D eigenvalue weighted by atomic mass is 9.79. The molecule has 2 aromatic heterocycles. The number of nitrogens with one attached hydrogen (secondary N) is 3. The molecular formula is C40H54N10O20P3S+. The smallest absolute Gasteiger partial charge is 0.452 e. The highest BCUT2D eigenvalue weighted by Gasteiger charge is 2.50. The predicted octanol–water partition coefficient (Wildman–Crippen LogP) is 0.469. The van der Waals surface area contributed by atoms with Gasteiger partial charge in [0.15, 0.2) is 35.0 Å². The van der Waals surface area contributed by atoms with Gasteiger partial charge in [0.05, 0.1) is 24.8 Å². The van der Waals surface area contributed by atoms with E-state index in [4.69, 9.17) is 34.7 Å². The van der Waals surface area contributed by atoms with Gasteiger partial charge in [0.2, 0.25) is 17.2 Å². The number of aromatic nitrogens is 4. The van der Waals surface area contributed by atoms with Crippen LogP contribution in [0.1, 0.15) is 69.7 Å². The Hall–Kier alpha value is -5.23. The minimum Gasteiger partial charge on any atom is -0.452 e. The number of H-pyrrole nitrogens is 1. The minimum absolute atomic E-state index is 0.0174. The number of nitrogens with two attached hydrogens (primary N) is 1. The topological polar surface area (TPSA) is 429 Å². The number of benzene rings is 2. The highest BCUT2D eigenvalue weighted by Crippen LogP contribution is 2.66. The van der Waals surface area contributed by atoms with Crippen molar-refractivity contribution < 1.29 is 88.3 Å². The lowest BCUT2D eigenvalue weighted by Gasteiger charge is -2.48. The number of phosphoric ester groups is 1. The van der Waals surface area contributed by atoms with Gasteiger partial charge in [-0.1, -0.05) is 0 Å². The molecule has 0 bridgehead atoms. The van der Waals surface area contributed by atoms with Crippen LogP contribution in [0, 0.1) is 0 Å². The van der Waals surface area contributed by atoms with Crippen molar-refractivity contribution in [1.82, 2.24) is 34.7 Å². The Morgan fingerprint density at radius 1 is 1.05 bits per heavy atom. The van der Waals surface area contributed by atoms with Gasteiger partial charge in [0.25, 0.3) is 15.7 Å². The van der Waals surface area contributed by atoms with Gasteiger partial charge in [-0.2, -0.15) is 22.0 Å². The van der Waals surface area contributed by atoms with Crippen LogP contribution in [0.5, 0.6) is 11.5 Å². The molecule has 0 saturated carbocycles. The second-order valence-electron chi connectivity index (χ2n) is 18.3. The number of aliphatic hydroxyl groups is 1. The van der Waals surface area contributed by atoms with Crippen molar-refractivity contribution >= 4 is 74.1 Å². The summed E-state index contributed by atoms with van der Waals surface area (Å²) in [5, 5.41) is 18.1. The molecule has 30 nitrogen and oxygen atoms in total. The number of rotatable bonds is 19. The van der Waals surface area contributed by atoms with E-state index < -0.39 is 99.5 Å². The molecule has 6 heterocycles. The molecule has 8 rings (SSSR count). The first-order chi connectivity index (χ1) is 34.6. The number of aromatic amines is 1. The molecule has 0 spiro atoms. The summed E-state index contributed by atoms with van der Waals surface area (Å²) in [6.07, 6.45) is -4.63. The molecule has 7 atom stereocenters. The monoisotopic (exact) mass is 1120 g/mol. The van der Waals surface area contributed by atoms with E-state index in [9.17, 15) is 55.9 Å². The summed E-state index contributed by atoms with van der Waals surface area (Å²) in [6.45, 7) is 6.55. The molecule has 404 valence electrons. The molecular weight excluding hydrogens is 1070 g/mol. The van der Waals surface area contributed by atoms with Crippen molar-refractivity contribution in [2.75, 3.05) is 55.7 Å². The number of hydrogen-bond donors (Lipinski definition) is 10. The Morgan fingerprint density at radius 2 is 1.80 bits per heavy atom. The number of fused-ring (bicyclic) bond motifs is 5. The number of nitrogens with zero attached hydrogens (tertiary/aromatic N) is 6. The Labute approximate surface area is 419 Å². The molecule has 4 aliphatic heterocycles. The Bertz CT molecular complexity index is 3340. The number of hydrogen-bond acceptors (Lipinski definition) is 20. The number of carbonyl (C=O) groups excluding carboxylic acids is 2. The number of ether oxygens (including phenoxy) is 3. The van der Waals surface area contributed by atoms with Crippen LogP contribution in [0.15, 0.2) is 40.4 Å². The van der Waals surface area contributed by atoms with Gasteiger partial charge in [0, 0.05) is 61.2 Å². The molecule has 11 N–H and O–H groups in total.